The van der Waals surface area contributed by atoms with Gasteiger partial charge in [-0.1, -0.05) is 6.08 Å². The van der Waals surface area contributed by atoms with Crippen molar-refractivity contribution in [1.82, 2.24) is 0 Å². The lowest BCUT2D eigenvalue weighted by atomic mass is 10.1. The molecule has 1 aliphatic rings. The maximum Gasteiger partial charge on any atom is 0.796 e. The van der Waals surface area contributed by atoms with Gasteiger partial charge in [-0.25, -0.2) is 18.2 Å². The minimum Gasteiger partial charge on any atom is -0.627 e. The van der Waals surface area contributed by atoms with Crippen LogP contribution in [0.25, 0.3) is 5.76 Å². The smallest absolute Gasteiger partial charge is 0.627 e. The van der Waals surface area contributed by atoms with Gasteiger partial charge in [0.1, 0.15) is 28.4 Å². The lowest BCUT2D eigenvalue weighted by molar-refractivity contribution is -0.894. The van der Waals surface area contributed by atoms with Crippen LogP contribution < -0.4 is 25.5 Å². The summed E-state index contributed by atoms with van der Waals surface area (Å²) >= 11 is 0. The second-order valence-corrected chi connectivity index (χ2v) is 7.98. The first-order valence-electron chi connectivity index (χ1n) is 11.7. The van der Waals surface area contributed by atoms with Crippen LogP contribution in [0, 0.1) is 13.8 Å². The fourth-order valence-electron chi connectivity index (χ4n) is 3.45. The fourth-order valence-corrected chi connectivity index (χ4v) is 3.45. The van der Waals surface area contributed by atoms with Crippen molar-refractivity contribution >= 4 is 26.1 Å². The number of quaternary nitrogens is 1. The lowest BCUT2D eigenvalue weighted by Gasteiger charge is -2.35. The minimum absolute atomic E-state index is 0.0139. The molecule has 206 valence electrons. The first-order valence-corrected chi connectivity index (χ1v) is 11.7. The molecule has 0 saturated carbocycles. The Kier molecular flexibility index (Phi) is 10.6. The van der Waals surface area contributed by atoms with Crippen molar-refractivity contribution in [3.8, 4) is 11.5 Å². The van der Waals surface area contributed by atoms with Gasteiger partial charge in [-0.3, -0.25) is 4.79 Å². The number of hydrogen-bond donors (Lipinski definition) is 1. The van der Waals surface area contributed by atoms with Gasteiger partial charge in [0, 0.05) is 12.1 Å². The molecule has 3 rings (SSSR count). The number of aryl methyl sites for hydroxylation is 2. The van der Waals surface area contributed by atoms with Crippen LogP contribution >= 0.6 is 0 Å². The molecule has 2 aromatic heterocycles. The van der Waals surface area contributed by atoms with E-state index in [1.54, 1.807) is 4.90 Å². The first-order chi connectivity index (χ1) is 17.8. The summed E-state index contributed by atoms with van der Waals surface area (Å²) in [4.78, 5) is 37.9. The van der Waals surface area contributed by atoms with E-state index in [2.05, 4.69) is 34.7 Å². The highest BCUT2D eigenvalue weighted by Gasteiger charge is 2.40. The monoisotopic (exact) mass is 543 g/mol. The predicted molar refractivity (Wildman–Crippen MR) is 132 cm³/mol. The number of ketones is 1. The predicted octanol–water partition coefficient (Wildman–Crippen LogP) is 3.01. The van der Waals surface area contributed by atoms with E-state index in [-0.39, 0.29) is 11.5 Å². The number of carbonyl (C=O) groups excluding carboxylic acids is 1. The van der Waals surface area contributed by atoms with E-state index in [0.717, 1.165) is 24.3 Å². The van der Waals surface area contributed by atoms with Gasteiger partial charge in [-0.2, -0.15) is 0 Å². The van der Waals surface area contributed by atoms with Gasteiger partial charge in [0.15, 0.2) is 5.78 Å². The van der Waals surface area contributed by atoms with Crippen LogP contribution in [0.4, 0.5) is 17.3 Å². The van der Waals surface area contributed by atoms with Crippen molar-refractivity contribution in [3.05, 3.63) is 73.8 Å². The minimum atomic E-state index is -4.82. The Hall–Kier alpha value is -3.74. The van der Waals surface area contributed by atoms with Crippen LogP contribution in [-0.4, -0.2) is 40.0 Å². The van der Waals surface area contributed by atoms with Crippen molar-refractivity contribution in [3.63, 3.8) is 0 Å². The summed E-state index contributed by atoms with van der Waals surface area (Å²) in [5.41, 5.74) is -3.55. The summed E-state index contributed by atoms with van der Waals surface area (Å²) in [5, 5.41) is 0. The standard InChI is InChI=1S/C17H11B2F4O8.C6H15N/c1-8-6-12(29-18(20)21)14(16(25)27-8)10(24)4-3-5-11-15-13(31-19(22,23)30-11)7-9(2)28-17(15)26;1-4-7(5-2)6-3/h3-7H,1-2H3;4-6H2,1-3H3/q-1;/p+1/b4-3+,11-5-;. The zero-order valence-electron chi connectivity index (χ0n) is 21.4. The van der Waals surface area contributed by atoms with Gasteiger partial charge in [0.25, 0.3) is 0 Å². The highest BCUT2D eigenvalue weighted by Crippen LogP contribution is 2.35. The highest BCUT2D eigenvalue weighted by molar-refractivity contribution is 6.54. The molecule has 15 heteroatoms. The Morgan fingerprint density at radius 3 is 2.13 bits per heavy atom. The molecule has 0 unspecified atom stereocenters. The zero-order valence-corrected chi connectivity index (χ0v) is 21.4. The number of hydrogen-bond acceptors (Lipinski definition) is 8. The maximum atomic E-state index is 13.7. The molecule has 0 bridgehead atoms. The Morgan fingerprint density at radius 2 is 1.58 bits per heavy atom. The molecule has 1 N–H and O–H groups in total. The Bertz CT molecular complexity index is 1310. The quantitative estimate of drug-likeness (QED) is 0.235. The second-order valence-electron chi connectivity index (χ2n) is 7.98. The molecule has 38 heavy (non-hydrogen) atoms. The molecule has 0 fully saturated rings. The van der Waals surface area contributed by atoms with Gasteiger partial charge in [0.05, 0.1) is 31.1 Å². The van der Waals surface area contributed by atoms with Crippen LogP contribution in [-0.2, 0) is 4.65 Å². The number of rotatable bonds is 8. The van der Waals surface area contributed by atoms with Gasteiger partial charge in [0.2, 0.25) is 0 Å². The topological polar surface area (TPSA) is 110 Å². The number of fused-ring (bicyclic) bond motifs is 1. The first kappa shape index (κ1) is 30.5. The molecule has 0 saturated heterocycles. The third-order valence-electron chi connectivity index (χ3n) is 5.31. The molecule has 0 aliphatic carbocycles. The lowest BCUT2D eigenvalue weighted by Crippen LogP contribution is -3.11. The van der Waals surface area contributed by atoms with Crippen LogP contribution in [0.5, 0.6) is 11.5 Å². The van der Waals surface area contributed by atoms with E-state index in [9.17, 15) is 31.6 Å². The normalized spacial score (nSPS) is 14.8. The third kappa shape index (κ3) is 8.13. The highest BCUT2D eigenvalue weighted by atomic mass is 19.3. The van der Waals surface area contributed by atoms with E-state index in [1.165, 1.54) is 33.5 Å². The molecule has 9 nitrogen and oxygen atoms in total. The number of allylic oxidation sites excluding steroid dienone is 3. The molecule has 0 atom stereocenters. The maximum absolute atomic E-state index is 13.7. The third-order valence-corrected chi connectivity index (χ3v) is 5.31. The molecule has 0 spiro atoms. The summed E-state index contributed by atoms with van der Waals surface area (Å²) in [5.74, 6) is -3.06. The van der Waals surface area contributed by atoms with Crippen LogP contribution in [0.3, 0.4) is 0 Å². The largest absolute Gasteiger partial charge is 0.796 e. The Labute approximate surface area is 215 Å². The summed E-state index contributed by atoms with van der Waals surface area (Å²) < 4.78 is 75.0. The number of carbonyl (C=O) groups is 1. The summed E-state index contributed by atoms with van der Waals surface area (Å²) in [6, 6.07) is 1.98. The van der Waals surface area contributed by atoms with Gasteiger partial charge < -0.3 is 36.3 Å². The average molecular weight is 543 g/mol. The van der Waals surface area contributed by atoms with Gasteiger partial charge >= 0.3 is 25.8 Å². The van der Waals surface area contributed by atoms with E-state index in [4.69, 9.17) is 8.83 Å². The van der Waals surface area contributed by atoms with Crippen molar-refractivity contribution in [2.75, 3.05) is 19.6 Å². The molecule has 2 aromatic rings. The van der Waals surface area contributed by atoms with Crippen molar-refractivity contribution < 1.29 is 49.8 Å². The Balaban J connectivity index is 0.000000638. The van der Waals surface area contributed by atoms with Crippen LogP contribution in [0.15, 0.2) is 48.8 Å². The number of nitrogens with one attached hydrogen (secondary N) is 1. The van der Waals surface area contributed by atoms with Crippen molar-refractivity contribution in [2.45, 2.75) is 34.6 Å². The summed E-state index contributed by atoms with van der Waals surface area (Å²) in [7, 11) is -8.14. The Morgan fingerprint density at radius 1 is 1.00 bits per heavy atom. The molecule has 1 aliphatic heterocycles. The molecule has 0 radical (unpaired) electrons. The molecular formula is C23H27B2F4NO8. The fraction of sp³-hybridized carbons (Fsp3) is 0.348. The van der Waals surface area contributed by atoms with Gasteiger partial charge in [-0.15, -0.1) is 0 Å². The molecule has 3 heterocycles. The molecule has 0 amide bonds. The molecule has 0 aromatic carbocycles. The average Bonchev–Trinajstić information content (AvgIpc) is 2.78. The van der Waals surface area contributed by atoms with E-state index in [1.807, 2.05) is 0 Å². The van der Waals surface area contributed by atoms with E-state index < -0.39 is 60.0 Å². The van der Waals surface area contributed by atoms with Crippen molar-refractivity contribution in [1.29, 1.82) is 0 Å². The number of halogens is 4. The van der Waals surface area contributed by atoms with Crippen LogP contribution in [0.2, 0.25) is 0 Å². The van der Waals surface area contributed by atoms with E-state index >= 15 is 0 Å². The summed E-state index contributed by atoms with van der Waals surface area (Å²) in [6.07, 6.45) is 2.38. The summed E-state index contributed by atoms with van der Waals surface area (Å²) in [6.45, 7) is 13.1. The zero-order chi connectivity index (χ0) is 28.6. The second kappa shape index (κ2) is 13.2. The van der Waals surface area contributed by atoms with Crippen LogP contribution in [0.1, 0.15) is 48.2 Å². The van der Waals surface area contributed by atoms with Gasteiger partial charge in [-0.05, 0) is 46.8 Å². The van der Waals surface area contributed by atoms with Crippen molar-refractivity contribution in [2.24, 2.45) is 0 Å². The molecular weight excluding hydrogens is 516 g/mol. The van der Waals surface area contributed by atoms with E-state index in [0.29, 0.717) is 6.08 Å². The SMILES string of the molecule is CC[NH+](CC)CC.Cc1cc(OB(F)F)c(C(=O)/C=C/C=C2\O[B-](F)(F)Oc3cc(C)oc(=O)c32)c(=O)o1.